The van der Waals surface area contributed by atoms with E-state index < -0.39 is 87.1 Å². The van der Waals surface area contributed by atoms with E-state index in [9.17, 15) is 5.11 Å². The van der Waals surface area contributed by atoms with E-state index in [0.717, 1.165) is 33.4 Å². The number of fused-ring (bicyclic) bond motifs is 1. The van der Waals surface area contributed by atoms with Crippen molar-refractivity contribution in [1.29, 1.82) is 0 Å². The number of imidazole rings is 1. The standard InChI is InChI=1S/C63H62N3O.Pt/c1-39-29-40(2)31-46(30-39)45-27-28-64-55(36-45)49-34-47(42-17-14-13-15-18-42)33-48(35-49)52-19-16-20-57-58(52)65-60(53-37-51(62(7,8)9)38-54(59(53)67)63(10,11)12)66(57)56-26-23-44(32-41(56)3)43-21-24-50(25-22-43)61(4,5)6;/h13-34,36-38,67H,1-12H3;/q-1;/i3D3,7D3,8D3,9D3,10D3,11D3,12D3;. The minimum absolute atomic E-state index is 0. The average molecular weight is 1090 g/mol. The van der Waals surface area contributed by atoms with Crippen molar-refractivity contribution in [3.63, 3.8) is 0 Å². The van der Waals surface area contributed by atoms with Gasteiger partial charge in [-0.3, -0.25) is 9.55 Å². The second-order valence-electron chi connectivity index (χ2n) is 18.3. The predicted octanol–water partition coefficient (Wildman–Crippen LogP) is 16.7. The molecule has 0 saturated carbocycles. The maximum atomic E-state index is 13.1. The van der Waals surface area contributed by atoms with Crippen LogP contribution in [0.25, 0.3) is 83.9 Å². The maximum absolute atomic E-state index is 13.1. The second-order valence-corrected chi connectivity index (χ2v) is 18.3. The fraction of sp³-hybridized carbons (Fsp3) is 0.238. The van der Waals surface area contributed by atoms with Crippen molar-refractivity contribution in [1.82, 2.24) is 14.5 Å². The Morgan fingerprint density at radius 2 is 1.22 bits per heavy atom. The third-order valence-electron chi connectivity index (χ3n) is 12.1. The number of phenolic OH excluding ortho intramolecular Hbond substituents is 1. The summed E-state index contributed by atoms with van der Waals surface area (Å²) in [6.45, 7) is -18.0. The van der Waals surface area contributed by atoms with Crippen LogP contribution in [0.4, 0.5) is 0 Å². The molecule has 0 aliphatic carbocycles. The molecule has 0 aliphatic heterocycles. The van der Waals surface area contributed by atoms with Crippen molar-refractivity contribution in [2.75, 3.05) is 0 Å². The Kier molecular flexibility index (Phi) is 7.58. The van der Waals surface area contributed by atoms with E-state index >= 15 is 0 Å². The minimum Gasteiger partial charge on any atom is -0.507 e. The van der Waals surface area contributed by atoms with Crippen LogP contribution in [-0.4, -0.2) is 19.6 Å². The number of aromatic nitrogens is 3. The van der Waals surface area contributed by atoms with Gasteiger partial charge in [0, 0.05) is 67.3 Å². The van der Waals surface area contributed by atoms with Crippen LogP contribution in [0, 0.1) is 26.8 Å². The van der Waals surface area contributed by atoms with Crippen molar-refractivity contribution < 1.29 is 55.0 Å². The van der Waals surface area contributed by atoms with Crippen molar-refractivity contribution in [3.8, 4) is 78.6 Å². The van der Waals surface area contributed by atoms with Crippen LogP contribution < -0.4 is 0 Å². The van der Waals surface area contributed by atoms with Gasteiger partial charge < -0.3 is 5.11 Å². The third-order valence-corrected chi connectivity index (χ3v) is 12.1. The zero-order chi connectivity index (χ0) is 65.1. The van der Waals surface area contributed by atoms with Gasteiger partial charge in [-0.1, -0.05) is 193 Å². The zero-order valence-corrected chi connectivity index (χ0v) is 40.3. The van der Waals surface area contributed by atoms with Gasteiger partial charge >= 0.3 is 0 Å². The molecule has 2 heterocycles. The van der Waals surface area contributed by atoms with Gasteiger partial charge in [0.05, 0.1) is 22.3 Å². The molecule has 0 fully saturated rings. The van der Waals surface area contributed by atoms with Crippen LogP contribution in [0.5, 0.6) is 5.75 Å². The maximum Gasteiger partial charge on any atom is 0.148 e. The fourth-order valence-corrected chi connectivity index (χ4v) is 8.67. The molecule has 0 bridgehead atoms. The summed E-state index contributed by atoms with van der Waals surface area (Å²) in [6.07, 6.45) is 1.67. The van der Waals surface area contributed by atoms with E-state index in [1.54, 1.807) is 30.5 Å². The molecule has 4 nitrogen and oxygen atoms in total. The zero-order valence-electron chi connectivity index (χ0n) is 59.0. The molecule has 2 aromatic heterocycles. The normalized spacial score (nSPS) is 17.9. The van der Waals surface area contributed by atoms with E-state index in [1.807, 2.05) is 120 Å². The first kappa shape index (κ1) is 28.2. The van der Waals surface area contributed by atoms with Gasteiger partial charge in [-0.2, -0.15) is 0 Å². The van der Waals surface area contributed by atoms with E-state index in [-0.39, 0.29) is 60.4 Å². The first-order chi connectivity index (χ1) is 40.4. The molecule has 0 atom stereocenters. The molecule has 0 radical (unpaired) electrons. The third kappa shape index (κ3) is 9.54. The smallest absolute Gasteiger partial charge is 0.148 e. The van der Waals surface area contributed by atoms with Crippen molar-refractivity contribution in [2.24, 2.45) is 0 Å². The summed E-state index contributed by atoms with van der Waals surface area (Å²) in [5.41, 5.74) is -4.19. The van der Waals surface area contributed by atoms with Crippen LogP contribution in [0.1, 0.15) is 124 Å². The van der Waals surface area contributed by atoms with E-state index in [2.05, 4.69) is 12.1 Å². The van der Waals surface area contributed by atoms with Gasteiger partial charge in [0.1, 0.15) is 11.6 Å². The number of benzene rings is 7. The van der Waals surface area contributed by atoms with E-state index in [0.29, 0.717) is 39.6 Å². The van der Waals surface area contributed by atoms with Gasteiger partial charge in [0.25, 0.3) is 0 Å². The molecule has 68 heavy (non-hydrogen) atoms. The van der Waals surface area contributed by atoms with Gasteiger partial charge in [-0.15, -0.1) is 23.8 Å². The first-order valence-electron chi connectivity index (χ1n) is 32.3. The summed E-state index contributed by atoms with van der Waals surface area (Å²) in [7, 11) is 0. The number of rotatable bonds is 7. The Morgan fingerprint density at radius 1 is 0.559 bits per heavy atom. The molecular formula is C63H62N3OPt-. The van der Waals surface area contributed by atoms with Crippen molar-refractivity contribution >= 4 is 11.0 Å². The molecule has 346 valence electrons. The molecule has 5 heteroatoms. The van der Waals surface area contributed by atoms with Gasteiger partial charge in [0.2, 0.25) is 0 Å². The minimum atomic E-state index is -4.24. The number of hydrogen-bond donors (Lipinski definition) is 1. The van der Waals surface area contributed by atoms with E-state index in [4.69, 9.17) is 38.8 Å². The molecule has 0 saturated heterocycles. The number of hydrogen-bond acceptors (Lipinski definition) is 3. The van der Waals surface area contributed by atoms with E-state index in [1.165, 1.54) is 22.8 Å². The molecule has 9 aromatic rings. The van der Waals surface area contributed by atoms with Crippen LogP contribution >= 0.6 is 0 Å². The summed E-state index contributed by atoms with van der Waals surface area (Å²) >= 11 is 0. The molecule has 0 unspecified atom stereocenters. The fourth-order valence-electron chi connectivity index (χ4n) is 8.67. The van der Waals surface area contributed by atoms with Crippen LogP contribution in [0.15, 0.2) is 152 Å². The predicted molar refractivity (Wildman–Crippen MR) is 282 cm³/mol. The average Bonchev–Trinajstić information content (AvgIpc) is 1.20. The summed E-state index contributed by atoms with van der Waals surface area (Å²) in [5, 5.41) is 13.1. The summed E-state index contributed by atoms with van der Waals surface area (Å²) in [5.74, 6) is -2.16. The number of aromatic hydroxyl groups is 1. The number of phenols is 1. The monoisotopic (exact) mass is 1090 g/mol. The van der Waals surface area contributed by atoms with Crippen molar-refractivity contribution in [2.45, 2.75) is 98.8 Å². The Balaban J connectivity index is 0.0000102. The van der Waals surface area contributed by atoms with Crippen LogP contribution in [0.3, 0.4) is 0 Å². The number of pyridine rings is 1. The molecule has 9 rings (SSSR count). The summed E-state index contributed by atoms with van der Waals surface area (Å²) in [6, 6.07) is 43.9. The molecule has 7 aromatic carbocycles. The van der Waals surface area contributed by atoms with Gasteiger partial charge in [0.15, 0.2) is 0 Å². The largest absolute Gasteiger partial charge is 0.507 e. The quantitative estimate of drug-likeness (QED) is 0.162. The first-order valence-corrected chi connectivity index (χ1v) is 21.8. The summed E-state index contributed by atoms with van der Waals surface area (Å²) in [4.78, 5) is 9.85. The molecular weight excluding hydrogens is 1010 g/mol. The number of nitrogens with zero attached hydrogens (tertiary/aromatic N) is 3. The second kappa shape index (κ2) is 18.3. The SMILES string of the molecule is [2H]C([2H])([2H])c1cc(-c2ccc(C(C)(C)C)cc2)ccc1-n1c(-c2cc(C(C([2H])([2H])[2H])(C([2H])([2H])[2H])C([2H])([2H])[2H])cc(C(C([2H])([2H])[2H])(C([2H])([2H])[2H])C([2H])([2H])[2H])c2O)nc2c(-c3[c-]c(-c4cc(-c5cc(C)cc(C)c5)ccn4)cc(-c4ccccc4)c3)cccc21.[Pt]. The number of para-hydroxylation sites is 1. The van der Waals surface area contributed by atoms with Crippen molar-refractivity contribution in [3.05, 3.63) is 191 Å². The number of aryl methyl sites for hydroxylation is 3. The Morgan fingerprint density at radius 3 is 1.91 bits per heavy atom. The van der Waals surface area contributed by atoms with Gasteiger partial charge in [-0.05, 0) is 112 Å². The topological polar surface area (TPSA) is 50.9 Å². The molecule has 1 N–H and O–H groups in total. The molecule has 0 aliphatic rings. The Labute approximate surface area is 448 Å². The van der Waals surface area contributed by atoms with Gasteiger partial charge in [-0.25, -0.2) is 4.98 Å². The Hall–Kier alpha value is -6.35. The van der Waals surface area contributed by atoms with Crippen LogP contribution in [-0.2, 0) is 37.3 Å². The molecule has 0 spiro atoms. The molecule has 0 amide bonds. The van der Waals surface area contributed by atoms with Crippen LogP contribution in [0.2, 0.25) is 0 Å². The Bertz CT molecular complexity index is 4030. The summed E-state index contributed by atoms with van der Waals surface area (Å²) < 4.78 is 187.